The van der Waals surface area contributed by atoms with Gasteiger partial charge in [-0.3, -0.25) is 0 Å². The quantitative estimate of drug-likeness (QED) is 0.423. The molecule has 2 aromatic carbocycles. The van der Waals surface area contributed by atoms with Crippen LogP contribution in [0.2, 0.25) is 0 Å². The van der Waals surface area contributed by atoms with E-state index < -0.39 is 18.3 Å². The van der Waals surface area contributed by atoms with E-state index in [-0.39, 0.29) is 5.97 Å². The molecule has 0 aromatic heterocycles. The Balaban J connectivity index is 0.000000258. The van der Waals surface area contributed by atoms with Crippen LogP contribution in [0.3, 0.4) is 0 Å². The number of rotatable bonds is 5. The predicted octanol–water partition coefficient (Wildman–Crippen LogP) is 4.94. The smallest absolute Gasteiger partial charge is 0.494 e. The van der Waals surface area contributed by atoms with Gasteiger partial charge < -0.3 is 23.5 Å². The van der Waals surface area contributed by atoms with Crippen molar-refractivity contribution in [1.82, 2.24) is 0 Å². The number of esters is 1. The third-order valence-corrected chi connectivity index (χ3v) is 6.29. The highest BCUT2D eigenvalue weighted by molar-refractivity contribution is 9.10. The van der Waals surface area contributed by atoms with Crippen molar-refractivity contribution in [3.8, 4) is 11.5 Å². The van der Waals surface area contributed by atoms with Crippen LogP contribution in [0.5, 0.6) is 11.5 Å². The van der Waals surface area contributed by atoms with Crippen LogP contribution in [-0.2, 0) is 14.0 Å². The van der Waals surface area contributed by atoms with Gasteiger partial charge in [-0.15, -0.1) is 0 Å². The molecular weight excluding hydrogens is 475 g/mol. The molecule has 0 aliphatic carbocycles. The van der Waals surface area contributed by atoms with Gasteiger partial charge >= 0.3 is 13.1 Å². The first-order chi connectivity index (χ1) is 15.0. The third-order valence-electron chi connectivity index (χ3n) is 5.51. The number of methoxy groups -OCH3 is 2. The van der Waals surface area contributed by atoms with Gasteiger partial charge in [0.15, 0.2) is 0 Å². The van der Waals surface area contributed by atoms with E-state index in [0.717, 1.165) is 27.0 Å². The summed E-state index contributed by atoms with van der Waals surface area (Å²) in [5, 5.41) is 0. The molecule has 0 unspecified atom stereocenters. The van der Waals surface area contributed by atoms with Crippen LogP contribution >= 0.6 is 15.9 Å². The topological polar surface area (TPSA) is 63.2 Å². The van der Waals surface area contributed by atoms with Gasteiger partial charge in [0.05, 0.1) is 37.6 Å². The van der Waals surface area contributed by atoms with Crippen LogP contribution in [0.4, 0.5) is 0 Å². The molecule has 1 saturated heterocycles. The van der Waals surface area contributed by atoms with Gasteiger partial charge in [0, 0.05) is 0 Å². The molecule has 3 rings (SSSR count). The molecular formula is C24H32BBrO6. The molecule has 32 heavy (non-hydrogen) atoms. The predicted molar refractivity (Wildman–Crippen MR) is 130 cm³/mol. The van der Waals surface area contributed by atoms with Gasteiger partial charge in [-0.05, 0) is 92.8 Å². The number of halogens is 1. The molecule has 1 heterocycles. The van der Waals surface area contributed by atoms with Crippen molar-refractivity contribution >= 4 is 34.5 Å². The van der Waals surface area contributed by atoms with Gasteiger partial charge in [-0.25, -0.2) is 4.79 Å². The van der Waals surface area contributed by atoms with Crippen LogP contribution in [-0.4, -0.2) is 45.1 Å². The summed E-state index contributed by atoms with van der Waals surface area (Å²) in [4.78, 5) is 11.8. The molecule has 0 bridgehead atoms. The maximum Gasteiger partial charge on any atom is 0.494 e. The van der Waals surface area contributed by atoms with E-state index in [1.165, 1.54) is 0 Å². The molecule has 0 N–H and O–H groups in total. The first-order valence-corrected chi connectivity index (χ1v) is 11.3. The summed E-state index contributed by atoms with van der Waals surface area (Å²) in [6, 6.07) is 11.1. The molecule has 8 heteroatoms. The van der Waals surface area contributed by atoms with Gasteiger partial charge in [-0.1, -0.05) is 12.1 Å². The van der Waals surface area contributed by atoms with Crippen LogP contribution in [0.25, 0.3) is 0 Å². The minimum atomic E-state index is -0.464. The summed E-state index contributed by atoms with van der Waals surface area (Å²) >= 11 is 3.39. The number of ether oxygens (including phenoxy) is 3. The lowest BCUT2D eigenvalue weighted by molar-refractivity contribution is 0.00578. The van der Waals surface area contributed by atoms with E-state index in [4.69, 9.17) is 23.5 Å². The van der Waals surface area contributed by atoms with Crippen molar-refractivity contribution < 1.29 is 28.3 Å². The minimum Gasteiger partial charge on any atom is -0.495 e. The van der Waals surface area contributed by atoms with Gasteiger partial charge in [0.2, 0.25) is 0 Å². The minimum absolute atomic E-state index is 0.328. The monoisotopic (exact) mass is 506 g/mol. The summed E-state index contributed by atoms with van der Waals surface area (Å²) in [7, 11) is 2.81. The second-order valence-electron chi connectivity index (χ2n) is 8.42. The van der Waals surface area contributed by atoms with E-state index in [1.54, 1.807) is 33.3 Å². The van der Waals surface area contributed by atoms with Crippen molar-refractivity contribution in [3.05, 3.63) is 52.0 Å². The molecule has 1 fully saturated rings. The molecule has 0 amide bonds. The zero-order chi connectivity index (χ0) is 24.1. The summed E-state index contributed by atoms with van der Waals surface area (Å²) in [6.45, 7) is 12.2. The fraction of sp³-hybridized carbons (Fsp3) is 0.458. The Morgan fingerprint density at radius 1 is 1.00 bits per heavy atom. The van der Waals surface area contributed by atoms with Crippen molar-refractivity contribution in [2.75, 3.05) is 20.8 Å². The van der Waals surface area contributed by atoms with Gasteiger partial charge in [-0.2, -0.15) is 0 Å². The molecule has 0 radical (unpaired) electrons. The van der Waals surface area contributed by atoms with Crippen molar-refractivity contribution in [2.24, 2.45) is 0 Å². The Hall–Kier alpha value is -2.03. The fourth-order valence-electron chi connectivity index (χ4n) is 3.01. The maximum atomic E-state index is 11.8. The normalized spacial score (nSPS) is 16.1. The molecule has 6 nitrogen and oxygen atoms in total. The van der Waals surface area contributed by atoms with Gasteiger partial charge in [0.1, 0.15) is 16.0 Å². The molecule has 0 spiro atoms. The summed E-state index contributed by atoms with van der Waals surface area (Å²) in [6.07, 6.45) is 0. The van der Waals surface area contributed by atoms with Crippen molar-refractivity contribution in [3.63, 3.8) is 0 Å². The first kappa shape index (κ1) is 26.2. The summed E-state index contributed by atoms with van der Waals surface area (Å²) in [5.74, 6) is 1.27. The number of carbonyl (C=O) groups is 1. The average molecular weight is 507 g/mol. The van der Waals surface area contributed by atoms with Crippen molar-refractivity contribution in [2.45, 2.75) is 52.7 Å². The SMILES string of the molecule is CCOC(=O)c1cccc(B2OC(C)(C)C(C)(C)O2)c1.COc1cc(C)cc(OC)c1Br. The van der Waals surface area contributed by atoms with E-state index in [9.17, 15) is 4.79 Å². The Morgan fingerprint density at radius 2 is 1.53 bits per heavy atom. The maximum absolute atomic E-state index is 11.8. The third kappa shape index (κ3) is 6.06. The molecule has 174 valence electrons. The highest BCUT2D eigenvalue weighted by atomic mass is 79.9. The van der Waals surface area contributed by atoms with E-state index in [2.05, 4.69) is 15.9 Å². The lowest BCUT2D eigenvalue weighted by atomic mass is 9.78. The standard InChI is InChI=1S/C15H21BO4.C9H11BrO2/c1-6-18-13(17)11-8-7-9-12(10-11)16-19-14(2,3)15(4,5)20-16;1-6-4-7(11-2)9(10)8(5-6)12-3/h7-10H,6H2,1-5H3;4-5H,1-3H3. The average Bonchev–Trinajstić information content (AvgIpc) is 2.97. The number of hydrogen-bond acceptors (Lipinski definition) is 6. The molecule has 2 aromatic rings. The zero-order valence-corrected chi connectivity index (χ0v) is 21.7. The lowest BCUT2D eigenvalue weighted by Crippen LogP contribution is -2.41. The lowest BCUT2D eigenvalue weighted by Gasteiger charge is -2.32. The Labute approximate surface area is 199 Å². The second-order valence-corrected chi connectivity index (χ2v) is 9.21. The van der Waals surface area contributed by atoms with Gasteiger partial charge in [0.25, 0.3) is 0 Å². The van der Waals surface area contributed by atoms with Crippen LogP contribution < -0.4 is 14.9 Å². The Bertz CT molecular complexity index is 903. The fourth-order valence-corrected chi connectivity index (χ4v) is 3.56. The summed E-state index contributed by atoms with van der Waals surface area (Å²) in [5.41, 5.74) is 1.68. The molecule has 1 aliphatic rings. The van der Waals surface area contributed by atoms with E-state index >= 15 is 0 Å². The number of carbonyl (C=O) groups excluding carboxylic acids is 1. The second kappa shape index (κ2) is 10.7. The molecule has 0 saturated carbocycles. The largest absolute Gasteiger partial charge is 0.495 e. The molecule has 0 atom stereocenters. The van der Waals surface area contributed by atoms with Crippen LogP contribution in [0, 0.1) is 6.92 Å². The highest BCUT2D eigenvalue weighted by Gasteiger charge is 2.51. The number of hydrogen-bond donors (Lipinski definition) is 0. The number of benzene rings is 2. The van der Waals surface area contributed by atoms with Crippen molar-refractivity contribution in [1.29, 1.82) is 0 Å². The highest BCUT2D eigenvalue weighted by Crippen LogP contribution is 2.36. The van der Waals surface area contributed by atoms with Crippen LogP contribution in [0.1, 0.15) is 50.5 Å². The van der Waals surface area contributed by atoms with E-state index in [0.29, 0.717) is 12.2 Å². The number of aryl methyl sites for hydroxylation is 1. The summed E-state index contributed by atoms with van der Waals surface area (Å²) < 4.78 is 28.1. The zero-order valence-electron chi connectivity index (χ0n) is 20.1. The first-order valence-electron chi connectivity index (χ1n) is 10.5. The Morgan fingerprint density at radius 3 is 2.00 bits per heavy atom. The van der Waals surface area contributed by atoms with Crippen LogP contribution in [0.15, 0.2) is 40.9 Å². The Kier molecular flexibility index (Phi) is 8.79. The molecule has 1 aliphatic heterocycles. The van der Waals surface area contributed by atoms with E-state index in [1.807, 2.05) is 58.9 Å².